The number of likely N-dealkylation sites (tertiary alicyclic amines) is 1. The van der Waals surface area contributed by atoms with E-state index < -0.39 is 0 Å². The van der Waals surface area contributed by atoms with Crippen molar-refractivity contribution in [1.29, 1.82) is 0 Å². The molecule has 1 saturated heterocycles. The summed E-state index contributed by atoms with van der Waals surface area (Å²) in [6.45, 7) is 13.2. The molecule has 2 rings (SSSR count). The first kappa shape index (κ1) is 25.5. The Morgan fingerprint density at radius 3 is 2.62 bits per heavy atom. The van der Waals surface area contributed by atoms with Gasteiger partial charge in [0.25, 0.3) is 0 Å². The molecular formula is C22H37IN4O2. The maximum Gasteiger partial charge on any atom is 0.225 e. The molecule has 1 unspecified atom stereocenters. The van der Waals surface area contributed by atoms with Crippen molar-refractivity contribution >= 4 is 35.8 Å². The summed E-state index contributed by atoms with van der Waals surface area (Å²) in [4.78, 5) is 18.4. The van der Waals surface area contributed by atoms with E-state index in [2.05, 4.69) is 42.5 Å². The normalized spacial score (nSPS) is 17.1. The Morgan fingerprint density at radius 1 is 1.31 bits per heavy atom. The van der Waals surface area contributed by atoms with E-state index in [1.807, 2.05) is 36.9 Å². The number of guanidine groups is 1. The van der Waals surface area contributed by atoms with Crippen LogP contribution >= 0.6 is 24.0 Å². The molecule has 6 nitrogen and oxygen atoms in total. The summed E-state index contributed by atoms with van der Waals surface area (Å²) in [6, 6.07) is 8.42. The smallest absolute Gasteiger partial charge is 0.225 e. The van der Waals surface area contributed by atoms with Gasteiger partial charge in [0.1, 0.15) is 12.4 Å². The molecule has 0 aromatic heterocycles. The van der Waals surface area contributed by atoms with Gasteiger partial charge in [0.2, 0.25) is 5.91 Å². The van der Waals surface area contributed by atoms with Gasteiger partial charge in [-0.3, -0.25) is 9.79 Å². The lowest BCUT2D eigenvalue weighted by Gasteiger charge is -2.23. The van der Waals surface area contributed by atoms with E-state index in [4.69, 9.17) is 4.74 Å². The number of halogens is 1. The Kier molecular flexibility index (Phi) is 10.2. The Morgan fingerprint density at radius 2 is 2.00 bits per heavy atom. The first-order valence-electron chi connectivity index (χ1n) is 10.2. The highest BCUT2D eigenvalue weighted by Crippen LogP contribution is 2.30. The lowest BCUT2D eigenvalue weighted by Crippen LogP contribution is -2.46. The summed E-state index contributed by atoms with van der Waals surface area (Å²) < 4.78 is 6.01. The van der Waals surface area contributed by atoms with Crippen molar-refractivity contribution in [2.45, 2.75) is 52.5 Å². The zero-order valence-corrected chi connectivity index (χ0v) is 20.9. The minimum Gasteiger partial charge on any atom is -0.491 e. The Labute approximate surface area is 192 Å². The molecular weight excluding hydrogens is 479 g/mol. The molecule has 1 aromatic rings. The molecule has 7 heteroatoms. The highest BCUT2D eigenvalue weighted by molar-refractivity contribution is 14.0. The molecule has 1 fully saturated rings. The number of carbonyl (C=O) groups is 1. The molecule has 0 aliphatic carbocycles. The molecule has 1 atom stereocenters. The Bertz CT molecular complexity index is 686. The first-order chi connectivity index (χ1) is 13.2. The molecule has 2 N–H and O–H groups in total. The molecule has 0 saturated carbocycles. The predicted molar refractivity (Wildman–Crippen MR) is 130 cm³/mol. The van der Waals surface area contributed by atoms with E-state index in [0.717, 1.165) is 31.2 Å². The number of para-hydroxylation sites is 1. The van der Waals surface area contributed by atoms with Gasteiger partial charge in [0.05, 0.1) is 6.54 Å². The second-order valence-electron chi connectivity index (χ2n) is 8.66. The Balaban J connectivity index is 0.00000420. The summed E-state index contributed by atoms with van der Waals surface area (Å²) >= 11 is 0. The van der Waals surface area contributed by atoms with Crippen molar-refractivity contribution in [1.82, 2.24) is 15.5 Å². The zero-order chi connectivity index (χ0) is 20.7. The number of nitrogens with zero attached hydrogens (tertiary/aromatic N) is 2. The molecule has 0 radical (unpaired) electrons. The molecule has 29 heavy (non-hydrogen) atoms. The van der Waals surface area contributed by atoms with Gasteiger partial charge < -0.3 is 20.3 Å². The fourth-order valence-electron chi connectivity index (χ4n) is 3.37. The number of benzene rings is 1. The maximum atomic E-state index is 12.1. The van der Waals surface area contributed by atoms with E-state index in [1.54, 1.807) is 7.05 Å². The number of ether oxygens (including phenoxy) is 1. The van der Waals surface area contributed by atoms with E-state index in [0.29, 0.717) is 13.2 Å². The highest BCUT2D eigenvalue weighted by Gasteiger charge is 2.27. The van der Waals surface area contributed by atoms with Gasteiger partial charge in [0.15, 0.2) is 5.96 Å². The van der Waals surface area contributed by atoms with Gasteiger partial charge in [-0.25, -0.2) is 0 Å². The quantitative estimate of drug-likeness (QED) is 0.263. The highest BCUT2D eigenvalue weighted by atomic mass is 127. The number of hydrogen-bond acceptors (Lipinski definition) is 3. The molecule has 0 bridgehead atoms. The second-order valence-corrected chi connectivity index (χ2v) is 8.66. The minimum absolute atomic E-state index is 0. The molecule has 1 aliphatic rings. The van der Waals surface area contributed by atoms with E-state index in [-0.39, 0.29) is 47.3 Å². The average Bonchev–Trinajstić information content (AvgIpc) is 3.11. The van der Waals surface area contributed by atoms with Crippen molar-refractivity contribution in [3.63, 3.8) is 0 Å². The third kappa shape index (κ3) is 7.68. The van der Waals surface area contributed by atoms with Crippen LogP contribution in [0.5, 0.6) is 5.75 Å². The van der Waals surface area contributed by atoms with Crippen molar-refractivity contribution in [3.05, 3.63) is 29.8 Å². The van der Waals surface area contributed by atoms with Crippen molar-refractivity contribution in [2.24, 2.45) is 10.9 Å². The number of nitrogens with one attached hydrogen (secondary N) is 2. The SMILES string of the molecule is CN=C(NCCOc1ccccc1C(C)(C)C)NC1CCN(C(=O)C(C)C)C1.I. The summed E-state index contributed by atoms with van der Waals surface area (Å²) in [5, 5.41) is 6.72. The van der Waals surface area contributed by atoms with Crippen LogP contribution in [0.2, 0.25) is 0 Å². The van der Waals surface area contributed by atoms with Crippen LogP contribution in [-0.4, -0.2) is 56.1 Å². The van der Waals surface area contributed by atoms with Gasteiger partial charge in [-0.1, -0.05) is 52.8 Å². The predicted octanol–water partition coefficient (Wildman–Crippen LogP) is 3.40. The zero-order valence-electron chi connectivity index (χ0n) is 18.6. The van der Waals surface area contributed by atoms with Crippen LogP contribution in [0.25, 0.3) is 0 Å². The van der Waals surface area contributed by atoms with Gasteiger partial charge in [0, 0.05) is 32.1 Å². The average molecular weight is 516 g/mol. The number of hydrogen-bond donors (Lipinski definition) is 2. The second kappa shape index (κ2) is 11.6. The Hall–Kier alpha value is -1.51. The van der Waals surface area contributed by atoms with Crippen LogP contribution in [0, 0.1) is 5.92 Å². The summed E-state index contributed by atoms with van der Waals surface area (Å²) in [5.41, 5.74) is 1.25. The lowest BCUT2D eigenvalue weighted by atomic mass is 9.86. The van der Waals surface area contributed by atoms with Crippen LogP contribution in [-0.2, 0) is 10.2 Å². The van der Waals surface area contributed by atoms with Crippen molar-refractivity contribution in [3.8, 4) is 5.75 Å². The number of rotatable bonds is 6. The van der Waals surface area contributed by atoms with E-state index >= 15 is 0 Å². The van der Waals surface area contributed by atoms with Gasteiger partial charge in [-0.05, 0) is 23.5 Å². The van der Waals surface area contributed by atoms with Crippen LogP contribution in [0.15, 0.2) is 29.3 Å². The van der Waals surface area contributed by atoms with Gasteiger partial charge in [-0.2, -0.15) is 0 Å². The monoisotopic (exact) mass is 516 g/mol. The van der Waals surface area contributed by atoms with Crippen molar-refractivity contribution in [2.75, 3.05) is 33.3 Å². The van der Waals surface area contributed by atoms with Gasteiger partial charge >= 0.3 is 0 Å². The van der Waals surface area contributed by atoms with Crippen LogP contribution < -0.4 is 15.4 Å². The number of carbonyl (C=O) groups excluding carboxylic acids is 1. The van der Waals surface area contributed by atoms with Crippen molar-refractivity contribution < 1.29 is 9.53 Å². The van der Waals surface area contributed by atoms with E-state index in [9.17, 15) is 4.79 Å². The number of amides is 1. The van der Waals surface area contributed by atoms with Gasteiger partial charge in [-0.15, -0.1) is 24.0 Å². The largest absolute Gasteiger partial charge is 0.491 e. The van der Waals surface area contributed by atoms with Crippen LogP contribution in [0.4, 0.5) is 0 Å². The molecule has 0 spiro atoms. The lowest BCUT2D eigenvalue weighted by molar-refractivity contribution is -0.133. The minimum atomic E-state index is 0. The summed E-state index contributed by atoms with van der Waals surface area (Å²) in [6.07, 6.45) is 0.939. The maximum absolute atomic E-state index is 12.1. The third-order valence-corrected chi connectivity index (χ3v) is 4.91. The third-order valence-electron chi connectivity index (χ3n) is 4.91. The molecule has 1 aliphatic heterocycles. The van der Waals surface area contributed by atoms with E-state index in [1.165, 1.54) is 5.56 Å². The van der Waals surface area contributed by atoms with Crippen LogP contribution in [0.3, 0.4) is 0 Å². The summed E-state index contributed by atoms with van der Waals surface area (Å²) in [5.74, 6) is 1.94. The topological polar surface area (TPSA) is 66.0 Å². The molecule has 1 amide bonds. The standard InChI is InChI=1S/C22H36N4O2.HI/c1-16(2)20(27)26-13-11-17(15-26)25-21(23-6)24-12-14-28-19-10-8-7-9-18(19)22(3,4)5;/h7-10,16-17H,11-15H2,1-6H3,(H2,23,24,25);1H. The fourth-order valence-corrected chi connectivity index (χ4v) is 3.37. The summed E-state index contributed by atoms with van der Waals surface area (Å²) in [7, 11) is 1.76. The molecule has 1 heterocycles. The number of aliphatic imine (C=N–C) groups is 1. The molecule has 1 aromatic carbocycles. The molecule has 164 valence electrons. The van der Waals surface area contributed by atoms with Crippen LogP contribution in [0.1, 0.15) is 46.6 Å². The first-order valence-corrected chi connectivity index (χ1v) is 10.2. The fraction of sp³-hybridized carbons (Fsp3) is 0.636.